The third kappa shape index (κ3) is 2.41. The molecular weight excluding hydrogens is 212 g/mol. The summed E-state index contributed by atoms with van der Waals surface area (Å²) in [5.41, 5.74) is 0. The molecule has 2 heterocycles. The number of nitrogens with zero attached hydrogens (tertiary/aromatic N) is 2. The van der Waals surface area contributed by atoms with Crippen LogP contribution in [0.1, 0.15) is 0 Å². The van der Waals surface area contributed by atoms with Crippen molar-refractivity contribution in [2.45, 2.75) is 0 Å². The van der Waals surface area contributed by atoms with E-state index in [-0.39, 0.29) is 23.6 Å². The first kappa shape index (κ1) is 11.8. The number of amides is 4. The second kappa shape index (κ2) is 4.52. The summed E-state index contributed by atoms with van der Waals surface area (Å²) in [5, 5.41) is 0. The Balaban J connectivity index is 0.000000160. The van der Waals surface area contributed by atoms with Crippen molar-refractivity contribution in [3.05, 3.63) is 24.3 Å². The zero-order chi connectivity index (χ0) is 12.3. The van der Waals surface area contributed by atoms with Gasteiger partial charge >= 0.3 is 0 Å². The molecule has 0 fully saturated rings. The zero-order valence-corrected chi connectivity index (χ0v) is 8.84. The van der Waals surface area contributed by atoms with E-state index in [1.807, 2.05) is 0 Å². The fraction of sp³-hybridized carbons (Fsp3) is 0.200. The topological polar surface area (TPSA) is 74.8 Å². The van der Waals surface area contributed by atoms with E-state index in [4.69, 9.17) is 0 Å². The highest BCUT2D eigenvalue weighted by molar-refractivity contribution is 6.13. The van der Waals surface area contributed by atoms with Gasteiger partial charge in [-0.3, -0.25) is 29.0 Å². The predicted molar refractivity (Wildman–Crippen MR) is 53.8 cm³/mol. The normalized spacial score (nSPS) is 18.4. The number of likely N-dealkylation sites (N-methyl/N-ethyl adjacent to an activating group) is 2. The molecule has 0 spiro atoms. The Morgan fingerprint density at radius 2 is 0.812 bits per heavy atom. The molecule has 0 atom stereocenters. The van der Waals surface area contributed by atoms with Crippen LogP contribution in [0.3, 0.4) is 0 Å². The molecule has 2 aliphatic rings. The van der Waals surface area contributed by atoms with Crippen LogP contribution >= 0.6 is 0 Å². The van der Waals surface area contributed by atoms with Crippen LogP contribution in [-0.4, -0.2) is 47.5 Å². The smallest absolute Gasteiger partial charge is 0.253 e. The molecule has 2 rings (SSSR count). The number of carbonyl (C=O) groups is 4. The molecule has 0 bridgehead atoms. The van der Waals surface area contributed by atoms with E-state index < -0.39 is 0 Å². The van der Waals surface area contributed by atoms with E-state index in [1.54, 1.807) is 0 Å². The summed E-state index contributed by atoms with van der Waals surface area (Å²) in [4.78, 5) is 43.7. The highest BCUT2D eigenvalue weighted by Crippen LogP contribution is 1.97. The Hall–Kier alpha value is -2.24. The van der Waals surface area contributed by atoms with Gasteiger partial charge in [-0.2, -0.15) is 0 Å². The van der Waals surface area contributed by atoms with Gasteiger partial charge in [-0.05, 0) is 0 Å². The van der Waals surface area contributed by atoms with Gasteiger partial charge in [0, 0.05) is 38.4 Å². The summed E-state index contributed by atoms with van der Waals surface area (Å²) in [6.45, 7) is 0. The third-order valence-corrected chi connectivity index (χ3v) is 2.06. The molecule has 0 radical (unpaired) electrons. The summed E-state index contributed by atoms with van der Waals surface area (Å²) >= 11 is 0. The van der Waals surface area contributed by atoms with Crippen molar-refractivity contribution in [2.75, 3.05) is 14.1 Å². The molecule has 16 heavy (non-hydrogen) atoms. The zero-order valence-electron chi connectivity index (χ0n) is 8.84. The maximum absolute atomic E-state index is 10.4. The van der Waals surface area contributed by atoms with Gasteiger partial charge in [0.25, 0.3) is 23.6 Å². The average molecular weight is 222 g/mol. The second-order valence-electron chi connectivity index (χ2n) is 3.14. The van der Waals surface area contributed by atoms with E-state index in [0.717, 1.165) is 9.80 Å². The lowest BCUT2D eigenvalue weighted by Crippen LogP contribution is -2.24. The number of rotatable bonds is 0. The first-order valence-corrected chi connectivity index (χ1v) is 4.43. The lowest BCUT2D eigenvalue weighted by Gasteiger charge is -2.01. The number of imide groups is 2. The standard InChI is InChI=1S/2C5H5NO2/c2*1-6-4(7)2-3-5(6)8/h2*2-3H,1H3. The maximum Gasteiger partial charge on any atom is 0.253 e. The molecule has 4 amide bonds. The molecule has 2 aliphatic heterocycles. The fourth-order valence-corrected chi connectivity index (χ4v) is 0.950. The van der Waals surface area contributed by atoms with Crippen molar-refractivity contribution in [2.24, 2.45) is 0 Å². The van der Waals surface area contributed by atoms with E-state index in [0.29, 0.717) is 0 Å². The molecule has 0 N–H and O–H groups in total. The van der Waals surface area contributed by atoms with Crippen LogP contribution in [0.15, 0.2) is 24.3 Å². The molecule has 6 heteroatoms. The average Bonchev–Trinajstić information content (AvgIpc) is 2.70. The van der Waals surface area contributed by atoms with Gasteiger partial charge in [0.2, 0.25) is 0 Å². The van der Waals surface area contributed by atoms with Gasteiger partial charge < -0.3 is 0 Å². The molecule has 0 saturated heterocycles. The highest BCUT2D eigenvalue weighted by Gasteiger charge is 2.17. The van der Waals surface area contributed by atoms with Crippen molar-refractivity contribution in [3.8, 4) is 0 Å². The molecule has 6 nitrogen and oxygen atoms in total. The Bertz CT molecular complexity index is 347. The summed E-state index contributed by atoms with van der Waals surface area (Å²) in [7, 11) is 2.90. The van der Waals surface area contributed by atoms with Crippen LogP contribution in [0.25, 0.3) is 0 Å². The van der Waals surface area contributed by atoms with E-state index in [2.05, 4.69) is 0 Å². The van der Waals surface area contributed by atoms with Crippen molar-refractivity contribution in [1.82, 2.24) is 9.80 Å². The van der Waals surface area contributed by atoms with Crippen LogP contribution in [0.4, 0.5) is 0 Å². The first-order chi connectivity index (χ1) is 7.43. The van der Waals surface area contributed by atoms with Crippen LogP contribution in [0, 0.1) is 0 Å². The SMILES string of the molecule is CN1C(=O)C=CC1=O.CN1C(=O)C=CC1=O. The molecule has 0 aromatic heterocycles. The van der Waals surface area contributed by atoms with Crippen molar-refractivity contribution in [3.63, 3.8) is 0 Å². The lowest BCUT2D eigenvalue weighted by atomic mass is 10.6. The monoisotopic (exact) mass is 222 g/mol. The molecule has 0 unspecified atom stereocenters. The van der Waals surface area contributed by atoms with Crippen molar-refractivity contribution < 1.29 is 19.2 Å². The van der Waals surface area contributed by atoms with Crippen LogP contribution in [-0.2, 0) is 19.2 Å². The van der Waals surface area contributed by atoms with Gasteiger partial charge in [0.15, 0.2) is 0 Å². The molecule has 84 valence electrons. The van der Waals surface area contributed by atoms with Gasteiger partial charge in [-0.15, -0.1) is 0 Å². The second-order valence-corrected chi connectivity index (χ2v) is 3.14. The Labute approximate surface area is 91.8 Å². The Kier molecular flexibility index (Phi) is 3.34. The highest BCUT2D eigenvalue weighted by atomic mass is 16.2. The molecule has 0 aliphatic carbocycles. The lowest BCUT2D eigenvalue weighted by molar-refractivity contribution is -0.136. The number of hydrogen-bond acceptors (Lipinski definition) is 4. The van der Waals surface area contributed by atoms with Gasteiger partial charge in [0.05, 0.1) is 0 Å². The van der Waals surface area contributed by atoms with Gasteiger partial charge in [0.1, 0.15) is 0 Å². The van der Waals surface area contributed by atoms with E-state index in [1.165, 1.54) is 38.4 Å². The minimum Gasteiger partial charge on any atom is -0.279 e. The predicted octanol–water partition coefficient (Wildman–Crippen LogP) is -0.918. The third-order valence-electron chi connectivity index (χ3n) is 2.06. The van der Waals surface area contributed by atoms with Crippen molar-refractivity contribution >= 4 is 23.6 Å². The van der Waals surface area contributed by atoms with Crippen LogP contribution in [0.2, 0.25) is 0 Å². The summed E-state index contributed by atoms with van der Waals surface area (Å²) in [6, 6.07) is 0. The van der Waals surface area contributed by atoms with Crippen LogP contribution in [0.5, 0.6) is 0 Å². The minimum atomic E-state index is -0.241. The summed E-state index contributed by atoms with van der Waals surface area (Å²) in [5.74, 6) is -0.963. The number of carbonyl (C=O) groups excluding carboxylic acids is 4. The molecular formula is C10H10N2O4. The van der Waals surface area contributed by atoms with Crippen LogP contribution < -0.4 is 0 Å². The first-order valence-electron chi connectivity index (χ1n) is 4.43. The summed E-state index contributed by atoms with van der Waals surface area (Å²) in [6.07, 6.45) is 5.01. The molecule has 0 saturated carbocycles. The van der Waals surface area contributed by atoms with E-state index >= 15 is 0 Å². The quantitative estimate of drug-likeness (QED) is 0.497. The Morgan fingerprint density at radius 3 is 0.875 bits per heavy atom. The molecule has 0 aromatic carbocycles. The Morgan fingerprint density at radius 1 is 0.625 bits per heavy atom. The van der Waals surface area contributed by atoms with E-state index in [9.17, 15) is 19.2 Å². The largest absolute Gasteiger partial charge is 0.279 e. The van der Waals surface area contributed by atoms with Gasteiger partial charge in [-0.1, -0.05) is 0 Å². The maximum atomic E-state index is 10.4. The molecule has 0 aromatic rings. The van der Waals surface area contributed by atoms with Crippen molar-refractivity contribution in [1.29, 1.82) is 0 Å². The number of hydrogen-bond donors (Lipinski definition) is 0. The fourth-order valence-electron chi connectivity index (χ4n) is 0.950. The summed E-state index contributed by atoms with van der Waals surface area (Å²) < 4.78 is 0. The minimum absolute atomic E-state index is 0.241. The van der Waals surface area contributed by atoms with Gasteiger partial charge in [-0.25, -0.2) is 0 Å².